The summed E-state index contributed by atoms with van der Waals surface area (Å²) < 4.78 is 0. The maximum Gasteiger partial charge on any atom is 0.302 e. The lowest BCUT2D eigenvalue weighted by molar-refractivity contribution is -0.114. The summed E-state index contributed by atoms with van der Waals surface area (Å²) in [4.78, 5) is 12.7. The molecule has 0 saturated heterocycles. The Balaban J connectivity index is 1.26. The van der Waals surface area contributed by atoms with Crippen molar-refractivity contribution in [3.05, 3.63) is 41.5 Å². The molecule has 0 radical (unpaired) electrons. The van der Waals surface area contributed by atoms with Crippen molar-refractivity contribution in [3.8, 4) is 6.07 Å². The molecule has 7 atom stereocenters. The van der Waals surface area contributed by atoms with Gasteiger partial charge in [-0.1, -0.05) is 43.2 Å². The van der Waals surface area contributed by atoms with Crippen LogP contribution in [0.2, 0.25) is 0 Å². The van der Waals surface area contributed by atoms with Gasteiger partial charge in [0.1, 0.15) is 6.07 Å². The number of allylic oxidation sites excluding steroid dienone is 1. The molecule has 0 aliphatic heterocycles. The average molecular weight is 516 g/mol. The van der Waals surface area contributed by atoms with Crippen molar-refractivity contribution in [2.24, 2.45) is 44.7 Å². The second kappa shape index (κ2) is 10.3. The summed E-state index contributed by atoms with van der Waals surface area (Å²) in [6, 6.07) is 9.44. The number of hydrazone groups is 2. The van der Waals surface area contributed by atoms with E-state index in [4.69, 9.17) is 0 Å². The zero-order valence-electron chi connectivity index (χ0n) is 23.1. The molecule has 0 heterocycles. The Labute approximate surface area is 226 Å². The number of benzene rings is 1. The molecule has 7 heteroatoms. The second-order valence-corrected chi connectivity index (χ2v) is 12.6. The van der Waals surface area contributed by atoms with Gasteiger partial charge in [0.2, 0.25) is 5.71 Å². The summed E-state index contributed by atoms with van der Waals surface area (Å²) in [7, 11) is 0. The standard InChI is InChI=1S/C31H41N5O2/c1-19-5-8-22(9-6-19)34-35-28(18-32)29(38)36-33-20(2)25-11-12-26-24-10-7-21-17-23(37)13-15-30(21,3)27(24)14-16-31(25,26)4/h5-9,23-27,34,37H,10-17H2,1-4H3,(H,36,38)/b33-20+,35-28+/t23-,24-,25+,26-,27-,30-,31+/m0/s1. The van der Waals surface area contributed by atoms with Crippen LogP contribution in [0.5, 0.6) is 0 Å². The van der Waals surface area contributed by atoms with Gasteiger partial charge in [0.05, 0.1) is 11.8 Å². The molecule has 0 unspecified atom stereocenters. The first kappa shape index (κ1) is 26.6. The molecule has 0 bridgehead atoms. The van der Waals surface area contributed by atoms with E-state index in [0.29, 0.717) is 29.4 Å². The predicted octanol–water partition coefficient (Wildman–Crippen LogP) is 5.72. The minimum Gasteiger partial charge on any atom is -0.393 e. The Morgan fingerprint density at radius 3 is 2.58 bits per heavy atom. The molecule has 4 aliphatic carbocycles. The first-order chi connectivity index (χ1) is 18.2. The average Bonchev–Trinajstić information content (AvgIpc) is 3.26. The number of rotatable bonds is 5. The van der Waals surface area contributed by atoms with E-state index in [9.17, 15) is 15.2 Å². The molecule has 0 aromatic heterocycles. The van der Waals surface area contributed by atoms with Crippen LogP contribution in [-0.4, -0.2) is 28.5 Å². The SMILES string of the molecule is C/C(=N\NC(=O)/C(C#N)=N/Nc1ccc(C)cc1)[C@H]1CC[C@H]2[C@@H]3CC=C4C[C@@H](O)CC[C@]4(C)[C@H]3CC[C@]12C. The van der Waals surface area contributed by atoms with Crippen LogP contribution in [-0.2, 0) is 4.79 Å². The van der Waals surface area contributed by atoms with E-state index >= 15 is 0 Å². The highest BCUT2D eigenvalue weighted by Crippen LogP contribution is 2.66. The normalized spacial score (nSPS) is 36.7. The Hall–Kier alpha value is -2.98. The third-order valence-electron chi connectivity index (χ3n) is 10.6. The predicted molar refractivity (Wildman–Crippen MR) is 150 cm³/mol. The van der Waals surface area contributed by atoms with E-state index in [-0.39, 0.29) is 22.6 Å². The maximum atomic E-state index is 12.7. The monoisotopic (exact) mass is 515 g/mol. The van der Waals surface area contributed by atoms with E-state index in [1.54, 1.807) is 0 Å². The number of hydrogen-bond donors (Lipinski definition) is 3. The van der Waals surface area contributed by atoms with Crippen LogP contribution < -0.4 is 10.9 Å². The van der Waals surface area contributed by atoms with Gasteiger partial charge in [-0.3, -0.25) is 10.2 Å². The van der Waals surface area contributed by atoms with Crippen LogP contribution in [0.25, 0.3) is 0 Å². The minimum absolute atomic E-state index is 0.161. The van der Waals surface area contributed by atoms with Crippen molar-refractivity contribution in [1.82, 2.24) is 5.43 Å². The molecule has 1 amide bonds. The third-order valence-corrected chi connectivity index (χ3v) is 10.6. The van der Waals surface area contributed by atoms with Crippen LogP contribution in [0, 0.1) is 52.8 Å². The van der Waals surface area contributed by atoms with Crippen LogP contribution in [0.3, 0.4) is 0 Å². The van der Waals surface area contributed by atoms with Crippen molar-refractivity contribution in [3.63, 3.8) is 0 Å². The molecule has 202 valence electrons. The van der Waals surface area contributed by atoms with Crippen LogP contribution in [0.15, 0.2) is 46.1 Å². The Kier molecular flexibility index (Phi) is 7.21. The number of fused-ring (bicyclic) bond motifs is 5. The van der Waals surface area contributed by atoms with Gasteiger partial charge in [-0.05, 0) is 106 Å². The third kappa shape index (κ3) is 4.68. The molecule has 3 N–H and O–H groups in total. The van der Waals surface area contributed by atoms with E-state index in [2.05, 4.69) is 41.0 Å². The molecule has 5 rings (SSSR count). The number of nitriles is 1. The Morgan fingerprint density at radius 1 is 1.08 bits per heavy atom. The zero-order valence-corrected chi connectivity index (χ0v) is 23.1. The highest BCUT2D eigenvalue weighted by Gasteiger charge is 2.59. The van der Waals surface area contributed by atoms with Crippen LogP contribution in [0.1, 0.15) is 77.7 Å². The molecule has 3 saturated carbocycles. The highest BCUT2D eigenvalue weighted by molar-refractivity contribution is 6.45. The second-order valence-electron chi connectivity index (χ2n) is 12.6. The van der Waals surface area contributed by atoms with Gasteiger partial charge in [-0.2, -0.15) is 15.5 Å². The smallest absolute Gasteiger partial charge is 0.302 e. The molecule has 38 heavy (non-hydrogen) atoms. The summed E-state index contributed by atoms with van der Waals surface area (Å²) in [5.74, 6) is 1.72. The number of aryl methyl sites for hydroxylation is 1. The summed E-state index contributed by atoms with van der Waals surface area (Å²) in [5.41, 5.74) is 9.78. The van der Waals surface area contributed by atoms with E-state index in [0.717, 1.165) is 43.4 Å². The molecule has 0 spiro atoms. The molecule has 3 fully saturated rings. The van der Waals surface area contributed by atoms with Gasteiger partial charge < -0.3 is 5.11 Å². The molecule has 7 nitrogen and oxygen atoms in total. The summed E-state index contributed by atoms with van der Waals surface area (Å²) in [6.45, 7) is 8.90. The molecule has 1 aromatic carbocycles. The number of aliphatic hydroxyl groups is 1. The largest absolute Gasteiger partial charge is 0.393 e. The van der Waals surface area contributed by atoms with E-state index in [1.165, 1.54) is 24.8 Å². The number of nitrogens with zero attached hydrogens (tertiary/aromatic N) is 3. The van der Waals surface area contributed by atoms with E-state index < -0.39 is 5.91 Å². The number of carbonyl (C=O) groups is 1. The van der Waals surface area contributed by atoms with Crippen molar-refractivity contribution in [2.45, 2.75) is 85.2 Å². The van der Waals surface area contributed by atoms with Crippen molar-refractivity contribution in [1.29, 1.82) is 5.26 Å². The molecule has 1 aromatic rings. The fourth-order valence-electron chi connectivity index (χ4n) is 8.47. The summed E-state index contributed by atoms with van der Waals surface area (Å²) >= 11 is 0. The molecular weight excluding hydrogens is 474 g/mol. The van der Waals surface area contributed by atoms with E-state index in [1.807, 2.05) is 44.2 Å². The molecule has 4 aliphatic rings. The van der Waals surface area contributed by atoms with Crippen molar-refractivity contribution < 1.29 is 9.90 Å². The lowest BCUT2D eigenvalue weighted by Gasteiger charge is -2.58. The molecular formula is C31H41N5O2. The van der Waals surface area contributed by atoms with Crippen LogP contribution in [0.4, 0.5) is 5.69 Å². The van der Waals surface area contributed by atoms with Crippen molar-refractivity contribution in [2.75, 3.05) is 5.43 Å². The number of anilines is 1. The zero-order chi connectivity index (χ0) is 27.1. The quantitative estimate of drug-likeness (QED) is 0.265. The Bertz CT molecular complexity index is 1210. The summed E-state index contributed by atoms with van der Waals surface area (Å²) in [5, 5.41) is 28.2. The first-order valence-electron chi connectivity index (χ1n) is 14.2. The minimum atomic E-state index is -0.604. The number of carbonyl (C=O) groups excluding carboxylic acids is 1. The van der Waals surface area contributed by atoms with Gasteiger partial charge in [0.25, 0.3) is 0 Å². The maximum absolute atomic E-state index is 12.7. The topological polar surface area (TPSA) is 110 Å². The van der Waals surface area contributed by atoms with Gasteiger partial charge in [0, 0.05) is 11.6 Å². The lowest BCUT2D eigenvalue weighted by Crippen LogP contribution is -2.51. The fourth-order valence-corrected chi connectivity index (χ4v) is 8.47. The number of aliphatic hydroxyl groups excluding tert-OH is 1. The van der Waals surface area contributed by atoms with Gasteiger partial charge in [-0.25, -0.2) is 5.43 Å². The highest BCUT2D eigenvalue weighted by atomic mass is 16.3. The lowest BCUT2D eigenvalue weighted by atomic mass is 9.47. The number of amides is 1. The Morgan fingerprint density at radius 2 is 1.84 bits per heavy atom. The van der Waals surface area contributed by atoms with Crippen LogP contribution >= 0.6 is 0 Å². The van der Waals surface area contributed by atoms with Gasteiger partial charge in [-0.15, -0.1) is 0 Å². The summed E-state index contributed by atoms with van der Waals surface area (Å²) in [6.07, 6.45) is 10.9. The fraction of sp³-hybridized carbons (Fsp3) is 0.613. The number of hydrogen-bond acceptors (Lipinski definition) is 6. The van der Waals surface area contributed by atoms with Crippen molar-refractivity contribution >= 4 is 23.0 Å². The number of nitrogens with one attached hydrogen (secondary N) is 2. The first-order valence-corrected chi connectivity index (χ1v) is 14.2. The van der Waals surface area contributed by atoms with Gasteiger partial charge >= 0.3 is 5.91 Å². The van der Waals surface area contributed by atoms with Gasteiger partial charge in [0.15, 0.2) is 0 Å².